The first-order valence-electron chi connectivity index (χ1n) is 32.2. The molecule has 6 aromatic rings. The zero-order valence-corrected chi connectivity index (χ0v) is 53.6. The fourth-order valence-corrected chi connectivity index (χ4v) is 12.9. The van der Waals surface area contributed by atoms with Crippen LogP contribution in [0.4, 0.5) is 11.4 Å². The summed E-state index contributed by atoms with van der Waals surface area (Å²) in [6.45, 7) is 23.2. The van der Waals surface area contributed by atoms with Gasteiger partial charge in [0.15, 0.2) is 0 Å². The van der Waals surface area contributed by atoms with Crippen molar-refractivity contribution in [3.8, 4) is 11.8 Å². The van der Waals surface area contributed by atoms with Gasteiger partial charge < -0.3 is 4.90 Å². The molecule has 442 valence electrons. The van der Waals surface area contributed by atoms with E-state index in [0.717, 1.165) is 68.2 Å². The minimum Gasteiger partial charge on any atom is -0.331 e. The van der Waals surface area contributed by atoms with E-state index < -0.39 is 0 Å². The van der Waals surface area contributed by atoms with Crippen LogP contribution in [-0.2, 0) is 17.4 Å². The second-order valence-electron chi connectivity index (χ2n) is 24.7. The highest BCUT2D eigenvalue weighted by Gasteiger charge is 2.50. The Labute approximate surface area is 524 Å². The largest absolute Gasteiger partial charge is 0.331 e. The van der Waals surface area contributed by atoms with Crippen molar-refractivity contribution in [2.75, 3.05) is 4.90 Å². The molecule has 0 saturated heterocycles. The average molecular weight is 1140 g/mol. The molecule has 87 heavy (non-hydrogen) atoms. The van der Waals surface area contributed by atoms with Crippen LogP contribution in [0.1, 0.15) is 182 Å². The van der Waals surface area contributed by atoms with Crippen molar-refractivity contribution in [3.05, 3.63) is 309 Å². The van der Waals surface area contributed by atoms with Crippen LogP contribution >= 0.6 is 0 Å². The summed E-state index contributed by atoms with van der Waals surface area (Å²) >= 11 is 0. The van der Waals surface area contributed by atoms with Gasteiger partial charge in [-0.15, -0.1) is 0 Å². The Balaban J connectivity index is 0.000000240. The number of allylic oxidation sites excluding steroid dienone is 19. The summed E-state index contributed by atoms with van der Waals surface area (Å²) in [5, 5.41) is 0. The number of hydrogen-bond donors (Lipinski definition) is 0. The van der Waals surface area contributed by atoms with Gasteiger partial charge in [-0.1, -0.05) is 267 Å². The second kappa shape index (κ2) is 29.7. The van der Waals surface area contributed by atoms with E-state index in [4.69, 9.17) is 0 Å². The lowest BCUT2D eigenvalue weighted by Crippen LogP contribution is -2.41. The van der Waals surface area contributed by atoms with E-state index in [1.807, 2.05) is 37.4 Å². The number of rotatable bonds is 21. The molecule has 4 aliphatic carbocycles. The minimum atomic E-state index is -0.308. The summed E-state index contributed by atoms with van der Waals surface area (Å²) in [5.74, 6) is 7.53. The van der Waals surface area contributed by atoms with Gasteiger partial charge >= 0.3 is 0 Å². The molecular weight excluding hydrogens is 1050 g/mol. The van der Waals surface area contributed by atoms with Gasteiger partial charge in [0, 0.05) is 35.3 Å². The van der Waals surface area contributed by atoms with Crippen LogP contribution in [0.2, 0.25) is 0 Å². The van der Waals surface area contributed by atoms with Gasteiger partial charge in [0.1, 0.15) is 0 Å². The summed E-state index contributed by atoms with van der Waals surface area (Å²) in [6, 6.07) is 49.6. The minimum absolute atomic E-state index is 0.105. The van der Waals surface area contributed by atoms with Crippen molar-refractivity contribution in [3.63, 3.8) is 0 Å². The molecule has 0 bridgehead atoms. The maximum atomic E-state index is 4.48. The zero-order chi connectivity index (χ0) is 61.2. The summed E-state index contributed by atoms with van der Waals surface area (Å²) in [4.78, 5) is 7.07. The molecule has 2 heteroatoms. The quantitative estimate of drug-likeness (QED) is 0.0527. The van der Waals surface area contributed by atoms with E-state index in [-0.39, 0.29) is 16.4 Å². The van der Waals surface area contributed by atoms with Gasteiger partial charge in [0.25, 0.3) is 0 Å². The molecule has 1 aromatic heterocycles. The molecule has 2 nitrogen and oxygen atoms in total. The van der Waals surface area contributed by atoms with Crippen molar-refractivity contribution in [2.45, 2.75) is 143 Å². The first-order chi connectivity index (χ1) is 42.3. The number of pyridine rings is 1. The zero-order valence-electron chi connectivity index (χ0n) is 53.6. The molecule has 0 saturated carbocycles. The van der Waals surface area contributed by atoms with Crippen LogP contribution in [-0.4, -0.2) is 4.98 Å². The molecule has 0 fully saturated rings. The number of benzene rings is 5. The Morgan fingerprint density at radius 3 is 1.92 bits per heavy atom. The Morgan fingerprint density at radius 1 is 0.667 bits per heavy atom. The maximum Gasteiger partial charge on any atom is 0.0671 e. The Hall–Kier alpha value is -8.51. The van der Waals surface area contributed by atoms with E-state index >= 15 is 0 Å². The van der Waals surface area contributed by atoms with Crippen molar-refractivity contribution in [1.82, 2.24) is 4.98 Å². The SMILES string of the molecule is CCC(C)(C)C1=CC2C(C=C1)c1ccc(C(C)(CC)N(c3ccc(/C=C/C4=CCCC=C4)cc3)c3ccc(/C=C/c4ccccn4)cc3)cc1C2(CC)CC.C\C=C/C(/C=C/c1ccc(CC(C)c2ccc(/C=C/C3=CC#CCC=C3)cc2)cc1)=C\C. The molecule has 0 N–H and O–H groups in total. The molecule has 0 aliphatic heterocycles. The third kappa shape index (κ3) is 15.4. The van der Waals surface area contributed by atoms with E-state index in [9.17, 15) is 0 Å². The van der Waals surface area contributed by atoms with Crippen LogP contribution in [0.25, 0.3) is 30.4 Å². The van der Waals surface area contributed by atoms with Crippen LogP contribution in [0, 0.1) is 23.2 Å². The fourth-order valence-electron chi connectivity index (χ4n) is 12.9. The number of hydrogen-bond acceptors (Lipinski definition) is 2. The first kappa shape index (κ1) is 63.0. The fraction of sp³-hybridized carbons (Fsp3) is 0.282. The lowest BCUT2D eigenvalue weighted by atomic mass is 9.65. The normalized spacial score (nSPS) is 18.1. The molecule has 0 spiro atoms. The number of aromatic nitrogens is 1. The second-order valence-corrected chi connectivity index (χ2v) is 24.7. The predicted octanol–water partition coefficient (Wildman–Crippen LogP) is 23.2. The van der Waals surface area contributed by atoms with Gasteiger partial charge in [-0.2, -0.15) is 0 Å². The predicted molar refractivity (Wildman–Crippen MR) is 379 cm³/mol. The Morgan fingerprint density at radius 2 is 1.31 bits per heavy atom. The van der Waals surface area contributed by atoms with E-state index in [1.165, 1.54) is 67.0 Å². The molecule has 4 aliphatic rings. The van der Waals surface area contributed by atoms with E-state index in [0.29, 0.717) is 17.8 Å². The number of anilines is 2. The molecular formula is C85H92N2. The molecule has 10 rings (SSSR count). The highest BCUT2D eigenvalue weighted by molar-refractivity contribution is 5.73. The topological polar surface area (TPSA) is 16.1 Å². The van der Waals surface area contributed by atoms with Crippen molar-refractivity contribution >= 4 is 41.8 Å². The Bertz CT molecular complexity index is 3730. The highest BCUT2D eigenvalue weighted by atomic mass is 15.2. The summed E-state index contributed by atoms with van der Waals surface area (Å²) in [7, 11) is 0. The lowest BCUT2D eigenvalue weighted by Gasteiger charge is -2.44. The molecule has 1 heterocycles. The van der Waals surface area contributed by atoms with Crippen LogP contribution in [0.3, 0.4) is 0 Å². The molecule has 0 amide bonds. The van der Waals surface area contributed by atoms with Crippen LogP contribution < -0.4 is 4.90 Å². The number of nitrogens with zero attached hydrogens (tertiary/aromatic N) is 2. The van der Waals surface area contributed by atoms with Crippen LogP contribution in [0.5, 0.6) is 0 Å². The van der Waals surface area contributed by atoms with E-state index in [1.54, 1.807) is 5.56 Å². The molecule has 4 atom stereocenters. The molecule has 0 radical (unpaired) electrons. The first-order valence-corrected chi connectivity index (χ1v) is 32.2. The standard InChI is InChI=1S/C53H60N2.C32H32/c1-8-51(5,6)42-27-34-47-48-35-28-43(38-50(48)53(10-3,11-4)49(47)37-42)52(7,9-2)55(45-30-23-40(24-31-45)21-20-39-17-13-12-14-18-39)46-32-25-41(26-33-46)22-29-44-19-15-16-36-54-44;1-4-10-27(5-2)13-14-29-17-19-31(20-18-29)25-26(3)32-23-21-30(22-24-32)16-15-28-11-8-6-7-9-12-28/h13,15-38,47,49H,8-12,14H2,1-7H3;4-5,8,10-24,26H,6,25H2,1-3H3/b21-20+,29-22+;10-4-,14-13+,16-15+,27-5+. The van der Waals surface area contributed by atoms with E-state index in [2.05, 4.69) is 315 Å². The van der Waals surface area contributed by atoms with Crippen molar-refractivity contribution in [1.29, 1.82) is 0 Å². The summed E-state index contributed by atoms with van der Waals surface area (Å²) < 4.78 is 0. The number of fused-ring (bicyclic) bond motifs is 3. The molecule has 4 unspecified atom stereocenters. The third-order valence-electron chi connectivity index (χ3n) is 19.0. The monoisotopic (exact) mass is 1140 g/mol. The van der Waals surface area contributed by atoms with Crippen LogP contribution in [0.15, 0.2) is 253 Å². The Kier molecular flexibility index (Phi) is 21.5. The maximum absolute atomic E-state index is 4.48. The smallest absolute Gasteiger partial charge is 0.0671 e. The summed E-state index contributed by atoms with van der Waals surface area (Å²) in [6.07, 6.45) is 54.6. The van der Waals surface area contributed by atoms with Gasteiger partial charge in [-0.05, 0) is 204 Å². The van der Waals surface area contributed by atoms with Gasteiger partial charge in [-0.3, -0.25) is 4.98 Å². The lowest BCUT2D eigenvalue weighted by molar-refractivity contribution is 0.298. The van der Waals surface area contributed by atoms with Crippen molar-refractivity contribution in [2.24, 2.45) is 11.3 Å². The van der Waals surface area contributed by atoms with Gasteiger partial charge in [0.2, 0.25) is 0 Å². The average Bonchev–Trinajstić information content (AvgIpc) is 1.64. The molecule has 5 aromatic carbocycles. The third-order valence-corrected chi connectivity index (χ3v) is 19.0. The highest BCUT2D eigenvalue weighted by Crippen LogP contribution is 2.59. The van der Waals surface area contributed by atoms with Crippen molar-refractivity contribution < 1.29 is 0 Å². The summed E-state index contributed by atoms with van der Waals surface area (Å²) in [5.41, 5.74) is 20.5. The van der Waals surface area contributed by atoms with Gasteiger partial charge in [0.05, 0.1) is 11.2 Å². The van der Waals surface area contributed by atoms with Gasteiger partial charge in [-0.25, -0.2) is 0 Å².